The quantitative estimate of drug-likeness (QED) is 0.527. The summed E-state index contributed by atoms with van der Waals surface area (Å²) < 4.78 is 29.8. The molecule has 1 N–H and O–H groups in total. The summed E-state index contributed by atoms with van der Waals surface area (Å²) in [5.41, 5.74) is -1.49. The van der Waals surface area contributed by atoms with Crippen molar-refractivity contribution in [3.63, 3.8) is 0 Å². The van der Waals surface area contributed by atoms with Crippen LogP contribution in [-0.4, -0.2) is 39.5 Å². The Morgan fingerprint density at radius 1 is 1.15 bits per heavy atom. The molecule has 1 aliphatic heterocycles. The van der Waals surface area contributed by atoms with Gasteiger partial charge in [-0.25, -0.2) is 15.0 Å². The lowest BCUT2D eigenvalue weighted by molar-refractivity contribution is -0.0964. The number of benzene rings is 1. The van der Waals surface area contributed by atoms with Gasteiger partial charge in [-0.05, 0) is 48.1 Å². The summed E-state index contributed by atoms with van der Waals surface area (Å²) in [6, 6.07) is 7.25. The molecule has 1 aromatic carbocycles. The molecule has 1 saturated heterocycles. The van der Waals surface area contributed by atoms with E-state index in [0.717, 1.165) is 36.0 Å². The molecule has 0 spiro atoms. The van der Waals surface area contributed by atoms with Crippen LogP contribution in [0.3, 0.4) is 0 Å². The zero-order valence-electron chi connectivity index (χ0n) is 17.6. The first-order valence-corrected chi connectivity index (χ1v) is 10.8. The Morgan fingerprint density at radius 3 is 2.45 bits per heavy atom. The predicted octanol–water partition coefficient (Wildman–Crippen LogP) is 4.66. The van der Waals surface area contributed by atoms with Crippen molar-refractivity contribution in [1.82, 2.24) is 15.0 Å². The molecule has 1 saturated carbocycles. The van der Waals surface area contributed by atoms with Crippen molar-refractivity contribution < 1.29 is 18.3 Å². The van der Waals surface area contributed by atoms with E-state index in [9.17, 15) is 13.6 Å². The molecule has 170 valence electrons. The maximum Gasteiger partial charge on any atom is 0.487 e. The van der Waals surface area contributed by atoms with Gasteiger partial charge in [0.1, 0.15) is 17.9 Å². The number of rotatable bonds is 6. The van der Waals surface area contributed by atoms with Crippen molar-refractivity contribution >= 4 is 29.0 Å². The summed E-state index contributed by atoms with van der Waals surface area (Å²) >= 11 is 4.77. The summed E-state index contributed by atoms with van der Waals surface area (Å²) in [4.78, 5) is 28.0. The fourth-order valence-electron chi connectivity index (χ4n) is 4.42. The molecular formula is C23H20ClF2N5O2. The minimum Gasteiger partial charge on any atom is -0.420 e. The normalized spacial score (nSPS) is 21.5. The lowest BCUT2D eigenvalue weighted by Gasteiger charge is -2.23. The van der Waals surface area contributed by atoms with Crippen molar-refractivity contribution in [2.45, 2.75) is 12.5 Å². The number of halogens is 3. The fourth-order valence-corrected chi connectivity index (χ4v) is 4.51. The van der Waals surface area contributed by atoms with Crippen LogP contribution in [0.5, 0.6) is 5.75 Å². The van der Waals surface area contributed by atoms with E-state index < -0.39 is 5.57 Å². The molecule has 2 fully saturated rings. The number of aromatic nitrogens is 3. The SMILES string of the molecule is C[C@@H]1[C@H]2CN(c3ncc(C(=O)Nc4ccc(OC(F)(F)Cl)cc4)cc3-c3cncnc3)C[C@@H]12. The van der Waals surface area contributed by atoms with Crippen LogP contribution in [0, 0.1) is 17.8 Å². The highest BCUT2D eigenvalue weighted by Gasteiger charge is 2.53. The largest absolute Gasteiger partial charge is 0.487 e. The number of nitrogens with one attached hydrogen (secondary N) is 1. The Bertz CT molecular complexity index is 1160. The van der Waals surface area contributed by atoms with Gasteiger partial charge in [0.15, 0.2) is 0 Å². The number of hydrogen-bond donors (Lipinski definition) is 1. The average molecular weight is 472 g/mol. The van der Waals surface area contributed by atoms with Crippen molar-refractivity contribution in [2.24, 2.45) is 17.8 Å². The number of ether oxygens (including phenoxy) is 1. The lowest BCUT2D eigenvalue weighted by atomic mass is 10.1. The third kappa shape index (κ3) is 4.59. The number of alkyl halides is 3. The van der Waals surface area contributed by atoms with Crippen molar-refractivity contribution in [3.8, 4) is 16.9 Å². The smallest absolute Gasteiger partial charge is 0.420 e. The van der Waals surface area contributed by atoms with Crippen LogP contribution in [0.2, 0.25) is 0 Å². The van der Waals surface area contributed by atoms with Gasteiger partial charge >= 0.3 is 5.57 Å². The minimum atomic E-state index is -3.80. The standard InChI is InChI=1S/C23H20ClF2N5O2/c1-13-19-10-31(11-20(13)19)21-18(15-7-27-12-28-8-15)6-14(9-29-21)22(32)30-16-2-4-17(5-3-16)33-23(24,25)26/h2-9,12-13,19-20H,10-11H2,1H3,(H,30,32)/t13-,19-,20+. The molecule has 1 amide bonds. The molecule has 3 heterocycles. The second-order valence-electron chi connectivity index (χ2n) is 8.34. The number of fused-ring (bicyclic) bond motifs is 1. The summed E-state index contributed by atoms with van der Waals surface area (Å²) in [6.45, 7) is 4.17. The van der Waals surface area contributed by atoms with E-state index in [0.29, 0.717) is 23.1 Å². The van der Waals surface area contributed by atoms with E-state index in [1.165, 1.54) is 36.8 Å². The topological polar surface area (TPSA) is 80.2 Å². The third-order valence-corrected chi connectivity index (χ3v) is 6.35. The number of amides is 1. The first-order valence-electron chi connectivity index (χ1n) is 10.5. The van der Waals surface area contributed by atoms with E-state index >= 15 is 0 Å². The summed E-state index contributed by atoms with van der Waals surface area (Å²) in [5, 5.41) is 2.74. The van der Waals surface area contributed by atoms with Crippen LogP contribution in [-0.2, 0) is 0 Å². The molecule has 0 radical (unpaired) electrons. The molecule has 2 aromatic heterocycles. The van der Waals surface area contributed by atoms with E-state index in [1.54, 1.807) is 18.5 Å². The van der Waals surface area contributed by atoms with E-state index in [-0.39, 0.29) is 11.7 Å². The number of pyridine rings is 1. The van der Waals surface area contributed by atoms with E-state index in [2.05, 4.69) is 36.8 Å². The number of piperidine rings is 1. The number of nitrogens with zero attached hydrogens (tertiary/aromatic N) is 4. The molecule has 0 unspecified atom stereocenters. The highest BCUT2D eigenvalue weighted by atomic mass is 35.5. The molecule has 1 aliphatic carbocycles. The molecule has 3 atom stereocenters. The third-order valence-electron chi connectivity index (χ3n) is 6.27. The molecular weight excluding hydrogens is 452 g/mol. The van der Waals surface area contributed by atoms with Crippen molar-refractivity contribution in [1.29, 1.82) is 0 Å². The van der Waals surface area contributed by atoms with Crippen LogP contribution >= 0.6 is 11.6 Å². The van der Waals surface area contributed by atoms with Crippen LogP contribution in [0.1, 0.15) is 17.3 Å². The van der Waals surface area contributed by atoms with Gasteiger partial charge < -0.3 is 15.0 Å². The van der Waals surface area contributed by atoms with Gasteiger partial charge in [-0.2, -0.15) is 0 Å². The summed E-state index contributed by atoms with van der Waals surface area (Å²) in [5.74, 6) is 2.44. The maximum atomic E-state index is 12.9. The first-order chi connectivity index (χ1) is 15.8. The van der Waals surface area contributed by atoms with Gasteiger partial charge in [0.05, 0.1) is 5.56 Å². The van der Waals surface area contributed by atoms with E-state index in [1.807, 2.05) is 0 Å². The summed E-state index contributed by atoms with van der Waals surface area (Å²) in [6.07, 6.45) is 6.38. The van der Waals surface area contributed by atoms with Crippen molar-refractivity contribution in [2.75, 3.05) is 23.3 Å². The lowest BCUT2D eigenvalue weighted by Crippen LogP contribution is -2.25. The van der Waals surface area contributed by atoms with Crippen LogP contribution in [0.4, 0.5) is 20.3 Å². The number of hydrogen-bond acceptors (Lipinski definition) is 6. The highest BCUT2D eigenvalue weighted by molar-refractivity contribution is 6.20. The molecule has 10 heteroatoms. The second-order valence-corrected chi connectivity index (χ2v) is 8.78. The number of anilines is 2. The molecule has 0 bridgehead atoms. The van der Waals surface area contributed by atoms with Gasteiger partial charge in [0.2, 0.25) is 0 Å². The summed E-state index contributed by atoms with van der Waals surface area (Å²) in [7, 11) is 0. The van der Waals surface area contributed by atoms with Gasteiger partial charge in [-0.1, -0.05) is 6.92 Å². The molecule has 7 nitrogen and oxygen atoms in total. The monoisotopic (exact) mass is 471 g/mol. The molecule has 3 aromatic rings. The molecule has 5 rings (SSSR count). The Morgan fingerprint density at radius 2 is 1.82 bits per heavy atom. The molecule has 33 heavy (non-hydrogen) atoms. The maximum absolute atomic E-state index is 12.9. The Kier molecular flexibility index (Phi) is 5.36. The van der Waals surface area contributed by atoms with Gasteiger partial charge in [-0.15, -0.1) is 8.78 Å². The Balaban J connectivity index is 1.37. The van der Waals surface area contributed by atoms with Gasteiger partial charge in [0.25, 0.3) is 5.91 Å². The first kappa shape index (κ1) is 21.5. The van der Waals surface area contributed by atoms with Gasteiger partial charge in [0, 0.05) is 60.1 Å². The fraction of sp³-hybridized carbons (Fsp3) is 0.304. The average Bonchev–Trinajstić information content (AvgIpc) is 3.19. The molecule has 2 aliphatic rings. The van der Waals surface area contributed by atoms with Crippen LogP contribution in [0.15, 0.2) is 55.2 Å². The van der Waals surface area contributed by atoms with E-state index in [4.69, 9.17) is 11.6 Å². The van der Waals surface area contributed by atoms with Gasteiger partial charge in [-0.3, -0.25) is 4.79 Å². The number of carbonyl (C=O) groups excluding carboxylic acids is 1. The second kappa shape index (κ2) is 8.22. The zero-order valence-corrected chi connectivity index (χ0v) is 18.3. The predicted molar refractivity (Wildman–Crippen MR) is 119 cm³/mol. The van der Waals surface area contributed by atoms with Crippen LogP contribution in [0.25, 0.3) is 11.1 Å². The zero-order chi connectivity index (χ0) is 23.2. The van der Waals surface area contributed by atoms with Crippen molar-refractivity contribution in [3.05, 3.63) is 60.8 Å². The Hall–Kier alpha value is -3.33. The Labute approximate surface area is 193 Å². The highest BCUT2D eigenvalue weighted by Crippen LogP contribution is 2.52. The minimum absolute atomic E-state index is 0.122. The number of carbonyl (C=O) groups is 1. The van der Waals surface area contributed by atoms with Crippen LogP contribution < -0.4 is 15.0 Å².